The van der Waals surface area contributed by atoms with Crippen molar-refractivity contribution in [2.75, 3.05) is 18.8 Å². The summed E-state index contributed by atoms with van der Waals surface area (Å²) in [6.07, 6.45) is 3.55. The van der Waals surface area contributed by atoms with Crippen molar-refractivity contribution in [2.24, 2.45) is 0 Å². The highest BCUT2D eigenvalue weighted by Gasteiger charge is 2.31. The summed E-state index contributed by atoms with van der Waals surface area (Å²) in [5, 5.41) is 7.79. The van der Waals surface area contributed by atoms with Gasteiger partial charge in [0.2, 0.25) is 0 Å². The summed E-state index contributed by atoms with van der Waals surface area (Å²) in [6.45, 7) is 8.86. The summed E-state index contributed by atoms with van der Waals surface area (Å²) in [5.41, 5.74) is 11.3. The second-order valence-corrected chi connectivity index (χ2v) is 9.98. The molecule has 3 N–H and O–H groups in total. The number of hydrogen-bond acceptors (Lipinski definition) is 6. The Bertz CT molecular complexity index is 1440. The van der Waals surface area contributed by atoms with Gasteiger partial charge in [-0.2, -0.15) is 11.3 Å². The van der Waals surface area contributed by atoms with E-state index in [2.05, 4.69) is 50.4 Å². The fourth-order valence-corrected chi connectivity index (χ4v) is 4.95. The van der Waals surface area contributed by atoms with Crippen molar-refractivity contribution in [1.29, 1.82) is 0 Å². The van der Waals surface area contributed by atoms with Gasteiger partial charge >= 0.3 is 0 Å². The number of nitrogens with two attached hydrogens (primary N) is 1. The van der Waals surface area contributed by atoms with Crippen LogP contribution < -0.4 is 11.1 Å². The number of hydrogen-bond donors (Lipinski definition) is 2. The van der Waals surface area contributed by atoms with E-state index in [1.807, 2.05) is 48.1 Å². The molecule has 0 radical (unpaired) electrons. The molecule has 35 heavy (non-hydrogen) atoms. The normalized spacial score (nSPS) is 14.1. The number of benzene rings is 1. The highest BCUT2D eigenvalue weighted by atomic mass is 32.1. The van der Waals surface area contributed by atoms with Gasteiger partial charge in [0.15, 0.2) is 0 Å². The van der Waals surface area contributed by atoms with Crippen LogP contribution in [0.4, 0.5) is 5.82 Å². The second kappa shape index (κ2) is 9.53. The Hall–Kier alpha value is -3.67. The molecular formula is C27H28N6OS. The predicted octanol–water partition coefficient (Wildman–Crippen LogP) is 3.98. The van der Waals surface area contributed by atoms with Crippen molar-refractivity contribution in [3.05, 3.63) is 75.4 Å². The van der Waals surface area contributed by atoms with Gasteiger partial charge in [-0.15, -0.1) is 0 Å². The first-order chi connectivity index (χ1) is 16.9. The molecule has 0 spiro atoms. The van der Waals surface area contributed by atoms with Gasteiger partial charge in [-0.3, -0.25) is 9.69 Å². The SMILES string of the molecule is Cc1ccc(C(=O)NCc2ccsc2)cc1C#Cc1cn(C2CN(C(C)C)C2)c2ncnc(N)c12. The van der Waals surface area contributed by atoms with Crippen LogP contribution in [0.15, 0.2) is 47.5 Å². The maximum Gasteiger partial charge on any atom is 0.251 e. The number of rotatable bonds is 5. The number of aromatic nitrogens is 3. The van der Waals surface area contributed by atoms with Crippen LogP contribution >= 0.6 is 11.3 Å². The molecule has 0 bridgehead atoms. The van der Waals surface area contributed by atoms with Crippen LogP contribution in [0.1, 0.15) is 52.5 Å². The molecule has 7 nitrogen and oxygen atoms in total. The number of fused-ring (bicyclic) bond motifs is 1. The van der Waals surface area contributed by atoms with E-state index in [-0.39, 0.29) is 5.91 Å². The summed E-state index contributed by atoms with van der Waals surface area (Å²) >= 11 is 1.62. The van der Waals surface area contributed by atoms with E-state index < -0.39 is 0 Å². The van der Waals surface area contributed by atoms with Gasteiger partial charge in [-0.1, -0.05) is 17.9 Å². The first-order valence-corrected chi connectivity index (χ1v) is 12.6. The maximum atomic E-state index is 12.7. The molecule has 5 rings (SSSR count). The van der Waals surface area contributed by atoms with Gasteiger partial charge in [0.1, 0.15) is 17.8 Å². The van der Waals surface area contributed by atoms with Gasteiger partial charge in [0.05, 0.1) is 17.0 Å². The third-order valence-corrected chi connectivity index (χ3v) is 7.25. The zero-order valence-corrected chi connectivity index (χ0v) is 20.9. The maximum absolute atomic E-state index is 12.7. The average molecular weight is 485 g/mol. The molecule has 1 aromatic carbocycles. The minimum Gasteiger partial charge on any atom is -0.383 e. The third kappa shape index (κ3) is 4.65. The quantitative estimate of drug-likeness (QED) is 0.418. The first-order valence-electron chi connectivity index (χ1n) is 11.7. The molecule has 4 heterocycles. The number of nitrogens with one attached hydrogen (secondary N) is 1. The molecule has 3 aromatic heterocycles. The van der Waals surface area contributed by atoms with Crippen molar-refractivity contribution >= 4 is 34.1 Å². The van der Waals surface area contributed by atoms with Gasteiger partial charge in [-0.25, -0.2) is 9.97 Å². The topological polar surface area (TPSA) is 89.1 Å². The second-order valence-electron chi connectivity index (χ2n) is 9.20. The van der Waals surface area contributed by atoms with E-state index in [4.69, 9.17) is 5.73 Å². The molecule has 1 amide bonds. The van der Waals surface area contributed by atoms with Crippen LogP contribution in [0, 0.1) is 18.8 Å². The van der Waals surface area contributed by atoms with Crippen molar-refractivity contribution in [1.82, 2.24) is 24.8 Å². The summed E-state index contributed by atoms with van der Waals surface area (Å²) in [4.78, 5) is 23.8. The Balaban J connectivity index is 1.43. The average Bonchev–Trinajstić information content (AvgIpc) is 3.45. The molecule has 0 atom stereocenters. The Morgan fingerprint density at radius 1 is 1.23 bits per heavy atom. The highest BCUT2D eigenvalue weighted by molar-refractivity contribution is 7.07. The molecule has 0 aliphatic carbocycles. The van der Waals surface area contributed by atoms with Gasteiger partial charge < -0.3 is 15.6 Å². The fourth-order valence-electron chi connectivity index (χ4n) is 4.28. The number of anilines is 1. The van der Waals surface area contributed by atoms with E-state index in [0.29, 0.717) is 30.0 Å². The molecule has 1 saturated heterocycles. The summed E-state index contributed by atoms with van der Waals surface area (Å²) in [6, 6.07) is 8.47. The number of carbonyl (C=O) groups excluding carboxylic acids is 1. The predicted molar refractivity (Wildman–Crippen MR) is 140 cm³/mol. The Kier molecular flexibility index (Phi) is 6.29. The molecule has 8 heteroatoms. The minimum atomic E-state index is -0.117. The fraction of sp³-hybridized carbons (Fsp3) is 0.296. The number of nitrogen functional groups attached to an aromatic ring is 1. The monoisotopic (exact) mass is 484 g/mol. The van der Waals surface area contributed by atoms with Crippen LogP contribution in [-0.2, 0) is 6.54 Å². The Morgan fingerprint density at radius 3 is 2.77 bits per heavy atom. The molecule has 0 saturated carbocycles. The van der Waals surface area contributed by atoms with Crippen molar-refractivity contribution in [3.8, 4) is 11.8 Å². The van der Waals surface area contributed by atoms with E-state index in [1.54, 1.807) is 11.3 Å². The lowest BCUT2D eigenvalue weighted by molar-refractivity contribution is 0.0764. The van der Waals surface area contributed by atoms with Gasteiger partial charge in [-0.05, 0) is 60.9 Å². The standard InChI is InChI=1S/C27H28N6OS/c1-17(2)32-13-23(14-32)33-12-22(24-25(28)30-16-31-26(24)33)7-6-20-10-21(5-4-18(20)3)27(34)29-11-19-8-9-35-15-19/h4-5,8-10,12,15-17,23H,11,13-14H2,1-3H3,(H,29,34)(H2,28,30,31). The number of amides is 1. The van der Waals surface area contributed by atoms with Crippen LogP contribution in [-0.4, -0.2) is 44.5 Å². The van der Waals surface area contributed by atoms with E-state index in [9.17, 15) is 4.79 Å². The van der Waals surface area contributed by atoms with Crippen molar-refractivity contribution < 1.29 is 4.79 Å². The van der Waals surface area contributed by atoms with Gasteiger partial charge in [0.25, 0.3) is 5.91 Å². The largest absolute Gasteiger partial charge is 0.383 e. The van der Waals surface area contributed by atoms with E-state index in [0.717, 1.165) is 46.4 Å². The summed E-state index contributed by atoms with van der Waals surface area (Å²) < 4.78 is 2.18. The molecular weight excluding hydrogens is 456 g/mol. The van der Waals surface area contributed by atoms with E-state index >= 15 is 0 Å². The van der Waals surface area contributed by atoms with Crippen LogP contribution in [0.5, 0.6) is 0 Å². The first kappa shape index (κ1) is 23.1. The van der Waals surface area contributed by atoms with Crippen LogP contribution in [0.25, 0.3) is 11.0 Å². The van der Waals surface area contributed by atoms with E-state index in [1.165, 1.54) is 6.33 Å². The van der Waals surface area contributed by atoms with Crippen molar-refractivity contribution in [2.45, 2.75) is 39.4 Å². The lowest BCUT2D eigenvalue weighted by Gasteiger charge is -2.42. The molecule has 178 valence electrons. The number of carbonyl (C=O) groups is 1. The minimum absolute atomic E-state index is 0.117. The number of thiophene rings is 1. The lowest BCUT2D eigenvalue weighted by atomic mass is 10.0. The molecule has 0 unspecified atom stereocenters. The third-order valence-electron chi connectivity index (χ3n) is 6.52. The number of nitrogens with zero attached hydrogens (tertiary/aromatic N) is 4. The summed E-state index contributed by atoms with van der Waals surface area (Å²) in [5.74, 6) is 6.86. The smallest absolute Gasteiger partial charge is 0.251 e. The zero-order valence-electron chi connectivity index (χ0n) is 20.1. The zero-order chi connectivity index (χ0) is 24.5. The molecule has 1 aliphatic heterocycles. The van der Waals surface area contributed by atoms with Crippen molar-refractivity contribution in [3.63, 3.8) is 0 Å². The number of aryl methyl sites for hydroxylation is 1. The Labute approximate surface area is 209 Å². The van der Waals surface area contributed by atoms with Crippen LogP contribution in [0.2, 0.25) is 0 Å². The highest BCUT2D eigenvalue weighted by Crippen LogP contribution is 2.31. The lowest BCUT2D eigenvalue weighted by Crippen LogP contribution is -2.50. The molecule has 1 aliphatic rings. The Morgan fingerprint density at radius 2 is 2.03 bits per heavy atom. The molecule has 4 aromatic rings. The molecule has 1 fully saturated rings. The van der Waals surface area contributed by atoms with Gasteiger partial charge in [0, 0.05) is 43.0 Å². The van der Waals surface area contributed by atoms with Crippen LogP contribution in [0.3, 0.4) is 0 Å². The summed E-state index contributed by atoms with van der Waals surface area (Å²) in [7, 11) is 0. The number of likely N-dealkylation sites (tertiary alicyclic amines) is 1.